The van der Waals surface area contributed by atoms with E-state index in [-0.39, 0.29) is 0 Å². The number of rotatable bonds is 2. The molecule has 0 atom stereocenters. The first-order valence-electron chi connectivity index (χ1n) is 3.35. The van der Waals surface area contributed by atoms with E-state index < -0.39 is 24.1 Å². The molecule has 0 aromatic carbocycles. The third-order valence-electron chi connectivity index (χ3n) is 1.45. The van der Waals surface area contributed by atoms with Crippen molar-refractivity contribution in [3.05, 3.63) is 18.2 Å². The molecule has 0 N–H and O–H groups in total. The van der Waals surface area contributed by atoms with Gasteiger partial charge in [0.05, 0.1) is 7.11 Å². The highest BCUT2D eigenvalue weighted by Gasteiger charge is 2.30. The number of methoxy groups -OCH3 is 1. The van der Waals surface area contributed by atoms with Gasteiger partial charge in [0.15, 0.2) is 0 Å². The van der Waals surface area contributed by atoms with Crippen LogP contribution in [0.5, 0.6) is 5.75 Å². The van der Waals surface area contributed by atoms with Gasteiger partial charge < -0.3 is 17.7 Å². The topological polar surface area (TPSA) is 22.1 Å². The Morgan fingerprint density at radius 1 is 1.38 bits per heavy atom. The SMILES string of the molecule is COc1c([B-](F)(F)F)ccnc1F. The van der Waals surface area contributed by atoms with Crippen LogP contribution in [-0.2, 0) is 0 Å². The van der Waals surface area contributed by atoms with Crippen LogP contribution in [0, 0.1) is 5.95 Å². The average molecular weight is 194 g/mol. The summed E-state index contributed by atoms with van der Waals surface area (Å²) in [7, 11) is 0.964. The minimum absolute atomic E-state index is 0.682. The number of nitrogens with zero attached hydrogens (tertiary/aromatic N) is 1. The lowest BCUT2D eigenvalue weighted by Gasteiger charge is -2.17. The molecule has 13 heavy (non-hydrogen) atoms. The smallest absolute Gasteiger partial charge is 0.495 e. The normalized spacial score (nSPS) is 11.5. The highest BCUT2D eigenvalue weighted by Crippen LogP contribution is 2.18. The van der Waals surface area contributed by atoms with Crippen molar-refractivity contribution in [3.8, 4) is 5.75 Å². The molecule has 0 saturated heterocycles. The Morgan fingerprint density at radius 2 is 2.00 bits per heavy atom. The summed E-state index contributed by atoms with van der Waals surface area (Å²) >= 11 is 0. The van der Waals surface area contributed by atoms with Gasteiger partial charge in [-0.1, -0.05) is 11.5 Å². The van der Waals surface area contributed by atoms with Crippen molar-refractivity contribution in [1.82, 2.24) is 4.98 Å². The van der Waals surface area contributed by atoms with Crippen LogP contribution < -0.4 is 10.2 Å². The molecule has 72 valence electrons. The third kappa shape index (κ3) is 1.91. The van der Waals surface area contributed by atoms with Gasteiger partial charge in [-0.25, -0.2) is 4.98 Å². The lowest BCUT2D eigenvalue weighted by molar-refractivity contribution is 0.377. The van der Waals surface area contributed by atoms with E-state index in [2.05, 4.69) is 9.72 Å². The number of halogens is 4. The van der Waals surface area contributed by atoms with E-state index >= 15 is 0 Å². The van der Waals surface area contributed by atoms with Crippen LogP contribution in [0.15, 0.2) is 12.3 Å². The Labute approximate surface area is 71.6 Å². The summed E-state index contributed by atoms with van der Waals surface area (Å²) in [5.74, 6) is -2.10. The number of ether oxygens (including phenoxy) is 1. The highest BCUT2D eigenvalue weighted by atomic mass is 19.4. The number of aromatic nitrogens is 1. The number of hydrogen-bond acceptors (Lipinski definition) is 2. The summed E-state index contributed by atoms with van der Waals surface area (Å²) in [6.45, 7) is -5.26. The van der Waals surface area contributed by atoms with E-state index in [0.29, 0.717) is 6.07 Å². The van der Waals surface area contributed by atoms with Crippen LogP contribution in [0.2, 0.25) is 0 Å². The molecule has 0 fully saturated rings. The second-order valence-corrected chi connectivity index (χ2v) is 2.30. The molecule has 1 aromatic rings. The van der Waals surface area contributed by atoms with Gasteiger partial charge in [0.1, 0.15) is 5.75 Å². The molecule has 1 aromatic heterocycles. The van der Waals surface area contributed by atoms with Crippen LogP contribution >= 0.6 is 0 Å². The molecule has 2 nitrogen and oxygen atoms in total. The Balaban J connectivity index is 3.29. The Bertz CT molecular complexity index is 314. The zero-order valence-corrected chi connectivity index (χ0v) is 6.60. The summed E-state index contributed by atoms with van der Waals surface area (Å²) in [6.07, 6.45) is 0.752. The van der Waals surface area contributed by atoms with Gasteiger partial charge in [-0.2, -0.15) is 4.39 Å². The van der Waals surface area contributed by atoms with E-state index in [9.17, 15) is 17.3 Å². The molecule has 0 unspecified atom stereocenters. The van der Waals surface area contributed by atoms with E-state index in [1.807, 2.05) is 0 Å². The van der Waals surface area contributed by atoms with Gasteiger partial charge in [-0.15, -0.1) is 0 Å². The molecule has 0 saturated carbocycles. The molecule has 7 heteroatoms. The maximum absolute atomic E-state index is 12.7. The maximum atomic E-state index is 12.7. The van der Waals surface area contributed by atoms with Crippen LogP contribution in [-0.4, -0.2) is 19.1 Å². The molecule has 0 aliphatic carbocycles. The molecule has 1 rings (SSSR count). The molecule has 0 radical (unpaired) electrons. The first-order chi connectivity index (χ1) is 5.96. The Kier molecular flexibility index (Phi) is 2.44. The summed E-state index contributed by atoms with van der Waals surface area (Å²) in [5, 5.41) is 0. The third-order valence-corrected chi connectivity index (χ3v) is 1.45. The summed E-state index contributed by atoms with van der Waals surface area (Å²) in [4.78, 5) is 3.04. The van der Waals surface area contributed by atoms with Crippen LogP contribution in [0.1, 0.15) is 0 Å². The quantitative estimate of drug-likeness (QED) is 0.401. The molecular formula is C6H5BF4NO-. The predicted molar refractivity (Wildman–Crippen MR) is 39.5 cm³/mol. The number of pyridine rings is 1. The van der Waals surface area contributed by atoms with E-state index in [1.54, 1.807) is 0 Å². The van der Waals surface area contributed by atoms with Crippen LogP contribution in [0.4, 0.5) is 17.3 Å². The fraction of sp³-hybridized carbons (Fsp3) is 0.167. The van der Waals surface area contributed by atoms with Crippen molar-refractivity contribution in [2.75, 3.05) is 7.11 Å². The molecule has 0 amide bonds. The van der Waals surface area contributed by atoms with Crippen molar-refractivity contribution in [2.24, 2.45) is 0 Å². The van der Waals surface area contributed by atoms with Crippen LogP contribution in [0.25, 0.3) is 0 Å². The predicted octanol–water partition coefficient (Wildman–Crippen LogP) is 1.28. The van der Waals surface area contributed by atoms with Crippen LogP contribution in [0.3, 0.4) is 0 Å². The monoisotopic (exact) mass is 194 g/mol. The largest absolute Gasteiger partial charge is 0.513 e. The van der Waals surface area contributed by atoms with Gasteiger partial charge in [0.25, 0.3) is 5.95 Å². The second-order valence-electron chi connectivity index (χ2n) is 2.30. The molecule has 1 heterocycles. The fourth-order valence-electron chi connectivity index (χ4n) is 0.896. The zero-order chi connectivity index (χ0) is 10.1. The molecule has 0 spiro atoms. The van der Waals surface area contributed by atoms with Gasteiger partial charge in [-0.05, 0) is 0 Å². The highest BCUT2D eigenvalue weighted by molar-refractivity contribution is 6.74. The van der Waals surface area contributed by atoms with E-state index in [0.717, 1.165) is 13.3 Å². The lowest BCUT2D eigenvalue weighted by atomic mass is 9.80. The van der Waals surface area contributed by atoms with Crippen molar-refractivity contribution in [1.29, 1.82) is 0 Å². The molecule has 0 aliphatic heterocycles. The Morgan fingerprint density at radius 3 is 2.38 bits per heavy atom. The average Bonchev–Trinajstić information content (AvgIpc) is 2.02. The van der Waals surface area contributed by atoms with Gasteiger partial charge in [0, 0.05) is 6.20 Å². The van der Waals surface area contributed by atoms with Gasteiger partial charge in [0.2, 0.25) is 0 Å². The minimum Gasteiger partial charge on any atom is -0.495 e. The first kappa shape index (κ1) is 9.82. The van der Waals surface area contributed by atoms with E-state index in [1.165, 1.54) is 0 Å². The van der Waals surface area contributed by atoms with E-state index in [4.69, 9.17) is 0 Å². The fourth-order valence-corrected chi connectivity index (χ4v) is 0.896. The van der Waals surface area contributed by atoms with Gasteiger partial charge in [-0.3, -0.25) is 0 Å². The standard InChI is InChI=1S/C6H5BF4NO/c1-13-5-4(7(9,10)11)2-3-12-6(5)8/h2-3H,1H3/q-1. The first-order valence-corrected chi connectivity index (χ1v) is 3.35. The van der Waals surface area contributed by atoms with Crippen molar-refractivity contribution >= 4 is 12.4 Å². The summed E-state index contributed by atoms with van der Waals surface area (Å²) in [5.41, 5.74) is -1.10. The molecular weight excluding hydrogens is 189 g/mol. The molecule has 0 aliphatic rings. The summed E-state index contributed by atoms with van der Waals surface area (Å²) in [6, 6.07) is 0.682. The Hall–Kier alpha value is -1.27. The number of hydrogen-bond donors (Lipinski definition) is 0. The van der Waals surface area contributed by atoms with Crippen molar-refractivity contribution in [3.63, 3.8) is 0 Å². The minimum atomic E-state index is -5.26. The zero-order valence-electron chi connectivity index (χ0n) is 6.60. The second kappa shape index (κ2) is 3.23. The van der Waals surface area contributed by atoms with Gasteiger partial charge >= 0.3 is 6.98 Å². The molecule has 0 bridgehead atoms. The van der Waals surface area contributed by atoms with Crippen molar-refractivity contribution in [2.45, 2.75) is 0 Å². The van der Waals surface area contributed by atoms with Crippen molar-refractivity contribution < 1.29 is 22.1 Å². The summed E-state index contributed by atoms with van der Waals surface area (Å²) < 4.78 is 53.5. The lowest BCUT2D eigenvalue weighted by Crippen LogP contribution is -2.35. The maximum Gasteiger partial charge on any atom is 0.513 e.